The molecular formula is C16H26N2O2. The number of carbonyl (C=O) groups is 1. The predicted octanol–water partition coefficient (Wildman–Crippen LogP) is 2.57. The molecule has 0 bridgehead atoms. The monoisotopic (exact) mass is 278 g/mol. The lowest BCUT2D eigenvalue weighted by Crippen LogP contribution is -2.44. The molecule has 4 heteroatoms. The highest BCUT2D eigenvalue weighted by Crippen LogP contribution is 2.16. The van der Waals surface area contributed by atoms with Gasteiger partial charge in [-0.1, -0.05) is 31.5 Å². The molecule has 0 aliphatic carbocycles. The van der Waals surface area contributed by atoms with E-state index >= 15 is 0 Å². The molecule has 0 saturated heterocycles. The zero-order valence-electron chi connectivity index (χ0n) is 12.5. The van der Waals surface area contributed by atoms with Gasteiger partial charge in [-0.15, -0.1) is 0 Å². The van der Waals surface area contributed by atoms with Gasteiger partial charge in [0.25, 0.3) is 0 Å². The molecule has 0 saturated carbocycles. The maximum absolute atomic E-state index is 12.5. The van der Waals surface area contributed by atoms with E-state index in [2.05, 4.69) is 6.92 Å². The van der Waals surface area contributed by atoms with Crippen molar-refractivity contribution in [3.8, 4) is 0 Å². The maximum Gasteiger partial charge on any atom is 0.243 e. The first kappa shape index (κ1) is 16.7. The minimum absolute atomic E-state index is 0.000697. The third-order valence-electron chi connectivity index (χ3n) is 3.25. The third-order valence-corrected chi connectivity index (χ3v) is 3.25. The molecule has 1 aromatic carbocycles. The van der Waals surface area contributed by atoms with Gasteiger partial charge in [0.15, 0.2) is 0 Å². The summed E-state index contributed by atoms with van der Waals surface area (Å²) in [6, 6.07) is 9.29. The van der Waals surface area contributed by atoms with Gasteiger partial charge in [0, 0.05) is 25.9 Å². The van der Waals surface area contributed by atoms with Crippen molar-refractivity contribution in [3.05, 3.63) is 30.3 Å². The SMILES string of the molecule is CCCCN(C(=O)C(N)CCCOC)c1ccccc1. The Morgan fingerprint density at radius 2 is 2.00 bits per heavy atom. The number of unbranched alkanes of at least 4 members (excludes halogenated alkanes) is 1. The number of hydrogen-bond donors (Lipinski definition) is 1. The van der Waals surface area contributed by atoms with Gasteiger partial charge in [0.1, 0.15) is 0 Å². The van der Waals surface area contributed by atoms with E-state index in [9.17, 15) is 4.79 Å². The predicted molar refractivity (Wildman–Crippen MR) is 82.8 cm³/mol. The smallest absolute Gasteiger partial charge is 0.243 e. The summed E-state index contributed by atoms with van der Waals surface area (Å²) in [4.78, 5) is 14.3. The molecule has 0 radical (unpaired) electrons. The molecule has 0 aliphatic rings. The average molecular weight is 278 g/mol. The summed E-state index contributed by atoms with van der Waals surface area (Å²) in [5.74, 6) is 0.000697. The van der Waals surface area contributed by atoms with E-state index in [-0.39, 0.29) is 5.91 Å². The number of rotatable bonds is 9. The van der Waals surface area contributed by atoms with Crippen molar-refractivity contribution in [1.82, 2.24) is 0 Å². The first-order valence-corrected chi connectivity index (χ1v) is 7.31. The first-order chi connectivity index (χ1) is 9.70. The first-order valence-electron chi connectivity index (χ1n) is 7.31. The summed E-state index contributed by atoms with van der Waals surface area (Å²) in [6.45, 7) is 3.48. The number of amides is 1. The molecule has 4 nitrogen and oxygen atoms in total. The Hall–Kier alpha value is -1.39. The van der Waals surface area contributed by atoms with Crippen LogP contribution >= 0.6 is 0 Å². The Balaban J connectivity index is 2.69. The molecule has 2 N–H and O–H groups in total. The average Bonchev–Trinajstić information content (AvgIpc) is 2.48. The zero-order chi connectivity index (χ0) is 14.8. The Kier molecular flexibility index (Phi) is 7.92. The third kappa shape index (κ3) is 5.31. The van der Waals surface area contributed by atoms with E-state index in [1.54, 1.807) is 12.0 Å². The van der Waals surface area contributed by atoms with Crippen molar-refractivity contribution in [2.45, 2.75) is 38.6 Å². The molecule has 112 valence electrons. The van der Waals surface area contributed by atoms with E-state index < -0.39 is 6.04 Å². The molecule has 1 aromatic rings. The van der Waals surface area contributed by atoms with Crippen molar-refractivity contribution in [2.75, 3.05) is 25.2 Å². The largest absolute Gasteiger partial charge is 0.385 e. The Labute approximate surface area is 121 Å². The van der Waals surface area contributed by atoms with Crippen LogP contribution in [0.5, 0.6) is 0 Å². The molecule has 1 amide bonds. The topological polar surface area (TPSA) is 55.6 Å². The summed E-state index contributed by atoms with van der Waals surface area (Å²) in [5.41, 5.74) is 6.95. The summed E-state index contributed by atoms with van der Waals surface area (Å²) >= 11 is 0. The van der Waals surface area contributed by atoms with Crippen molar-refractivity contribution in [2.24, 2.45) is 5.73 Å². The second-order valence-electron chi connectivity index (χ2n) is 4.92. The fourth-order valence-corrected chi connectivity index (χ4v) is 2.06. The highest BCUT2D eigenvalue weighted by molar-refractivity contribution is 5.96. The standard InChI is InChI=1S/C16H26N2O2/c1-3-4-12-18(14-9-6-5-7-10-14)16(19)15(17)11-8-13-20-2/h5-7,9-10,15H,3-4,8,11-13,17H2,1-2H3. The van der Waals surface area contributed by atoms with E-state index in [0.29, 0.717) is 13.0 Å². The Bertz CT molecular complexity index is 381. The lowest BCUT2D eigenvalue weighted by atomic mass is 10.1. The summed E-state index contributed by atoms with van der Waals surface area (Å²) in [5, 5.41) is 0. The van der Waals surface area contributed by atoms with Crippen LogP contribution in [-0.2, 0) is 9.53 Å². The van der Waals surface area contributed by atoms with Gasteiger partial charge < -0.3 is 15.4 Å². The summed E-state index contributed by atoms with van der Waals surface area (Å²) in [7, 11) is 1.66. The van der Waals surface area contributed by atoms with Gasteiger partial charge in [-0.2, -0.15) is 0 Å². The van der Waals surface area contributed by atoms with Crippen LogP contribution in [-0.4, -0.2) is 32.2 Å². The molecule has 0 spiro atoms. The van der Waals surface area contributed by atoms with Crippen LogP contribution in [0.2, 0.25) is 0 Å². The van der Waals surface area contributed by atoms with Crippen LogP contribution in [0, 0.1) is 0 Å². The highest BCUT2D eigenvalue weighted by Gasteiger charge is 2.21. The van der Waals surface area contributed by atoms with E-state index in [4.69, 9.17) is 10.5 Å². The summed E-state index contributed by atoms with van der Waals surface area (Å²) < 4.78 is 5.00. The minimum Gasteiger partial charge on any atom is -0.385 e. The van der Waals surface area contributed by atoms with Gasteiger partial charge in [-0.05, 0) is 31.4 Å². The van der Waals surface area contributed by atoms with Crippen molar-refractivity contribution < 1.29 is 9.53 Å². The fourth-order valence-electron chi connectivity index (χ4n) is 2.06. The lowest BCUT2D eigenvalue weighted by molar-refractivity contribution is -0.120. The molecular weight excluding hydrogens is 252 g/mol. The molecule has 1 unspecified atom stereocenters. The Morgan fingerprint density at radius 3 is 2.60 bits per heavy atom. The quantitative estimate of drug-likeness (QED) is 0.706. The number of anilines is 1. The van der Waals surface area contributed by atoms with Gasteiger partial charge in [-0.3, -0.25) is 4.79 Å². The number of carbonyl (C=O) groups excluding carboxylic acids is 1. The van der Waals surface area contributed by atoms with E-state index in [1.165, 1.54) is 0 Å². The molecule has 0 fully saturated rings. The maximum atomic E-state index is 12.5. The van der Waals surface area contributed by atoms with Gasteiger partial charge >= 0.3 is 0 Å². The van der Waals surface area contributed by atoms with Crippen LogP contribution in [0.4, 0.5) is 5.69 Å². The van der Waals surface area contributed by atoms with E-state index in [1.807, 2.05) is 30.3 Å². The molecule has 0 aliphatic heterocycles. The highest BCUT2D eigenvalue weighted by atomic mass is 16.5. The normalized spacial score (nSPS) is 12.2. The van der Waals surface area contributed by atoms with Crippen molar-refractivity contribution >= 4 is 11.6 Å². The molecule has 0 aromatic heterocycles. The second kappa shape index (κ2) is 9.50. The lowest BCUT2D eigenvalue weighted by Gasteiger charge is -2.25. The van der Waals surface area contributed by atoms with Gasteiger partial charge in [-0.25, -0.2) is 0 Å². The molecule has 20 heavy (non-hydrogen) atoms. The van der Waals surface area contributed by atoms with Crippen molar-refractivity contribution in [3.63, 3.8) is 0 Å². The fraction of sp³-hybridized carbons (Fsp3) is 0.562. The van der Waals surface area contributed by atoms with E-state index in [0.717, 1.165) is 31.5 Å². The number of nitrogens with zero attached hydrogens (tertiary/aromatic N) is 1. The second-order valence-corrected chi connectivity index (χ2v) is 4.92. The number of para-hydroxylation sites is 1. The summed E-state index contributed by atoms with van der Waals surface area (Å²) in [6.07, 6.45) is 3.49. The van der Waals surface area contributed by atoms with Crippen LogP contribution in [0.15, 0.2) is 30.3 Å². The number of nitrogens with two attached hydrogens (primary N) is 1. The molecule has 0 heterocycles. The minimum atomic E-state index is -0.456. The number of hydrogen-bond acceptors (Lipinski definition) is 3. The molecule has 1 atom stereocenters. The van der Waals surface area contributed by atoms with Crippen LogP contribution in [0.25, 0.3) is 0 Å². The van der Waals surface area contributed by atoms with Gasteiger partial charge in [0.05, 0.1) is 6.04 Å². The zero-order valence-corrected chi connectivity index (χ0v) is 12.5. The van der Waals surface area contributed by atoms with Crippen LogP contribution < -0.4 is 10.6 Å². The number of benzene rings is 1. The number of ether oxygens (including phenoxy) is 1. The molecule has 1 rings (SSSR count). The van der Waals surface area contributed by atoms with Crippen LogP contribution in [0.1, 0.15) is 32.6 Å². The number of methoxy groups -OCH3 is 1. The van der Waals surface area contributed by atoms with Crippen molar-refractivity contribution in [1.29, 1.82) is 0 Å². The van der Waals surface area contributed by atoms with Crippen LogP contribution in [0.3, 0.4) is 0 Å². The van der Waals surface area contributed by atoms with Gasteiger partial charge in [0.2, 0.25) is 5.91 Å². The Morgan fingerprint density at radius 1 is 1.30 bits per heavy atom.